The minimum Gasteiger partial charge on any atom is -0.349 e. The summed E-state index contributed by atoms with van der Waals surface area (Å²) in [7, 11) is 0. The predicted molar refractivity (Wildman–Crippen MR) is 109 cm³/mol. The molecular weight excluding hydrogens is 382 g/mol. The third-order valence-electron chi connectivity index (χ3n) is 5.28. The summed E-state index contributed by atoms with van der Waals surface area (Å²) < 4.78 is 1.53. The van der Waals surface area contributed by atoms with Gasteiger partial charge >= 0.3 is 0 Å². The van der Waals surface area contributed by atoms with Crippen molar-refractivity contribution in [2.45, 2.75) is 45.7 Å². The molecule has 0 fully saturated rings. The molecule has 5 nitrogen and oxygen atoms in total. The Morgan fingerprint density at radius 2 is 2.22 bits per heavy atom. The Bertz CT molecular complexity index is 1100. The van der Waals surface area contributed by atoms with Crippen molar-refractivity contribution < 1.29 is 4.79 Å². The van der Waals surface area contributed by atoms with E-state index in [1.807, 2.05) is 32.0 Å². The molecule has 2 heterocycles. The van der Waals surface area contributed by atoms with Gasteiger partial charge in [-0.1, -0.05) is 23.7 Å². The zero-order valence-corrected chi connectivity index (χ0v) is 16.8. The highest BCUT2D eigenvalue weighted by molar-refractivity contribution is 7.18. The molecule has 0 saturated carbocycles. The molecule has 4 rings (SSSR count). The number of thiophene rings is 1. The molecule has 0 radical (unpaired) electrons. The highest BCUT2D eigenvalue weighted by atomic mass is 35.5. The van der Waals surface area contributed by atoms with Gasteiger partial charge in [-0.15, -0.1) is 11.3 Å². The van der Waals surface area contributed by atoms with Gasteiger partial charge in [-0.25, -0.2) is 4.98 Å². The molecule has 1 N–H and O–H groups in total. The zero-order chi connectivity index (χ0) is 19.1. The largest absolute Gasteiger partial charge is 0.349 e. The lowest BCUT2D eigenvalue weighted by atomic mass is 10.1. The molecule has 27 heavy (non-hydrogen) atoms. The molecule has 0 unspecified atom stereocenters. The third-order valence-corrected chi connectivity index (χ3v) is 6.75. The Hall–Kier alpha value is -2.18. The average molecular weight is 402 g/mol. The first kappa shape index (κ1) is 18.2. The maximum absolute atomic E-state index is 12.7. The van der Waals surface area contributed by atoms with E-state index < -0.39 is 0 Å². The van der Waals surface area contributed by atoms with Crippen LogP contribution in [0.5, 0.6) is 0 Å². The van der Waals surface area contributed by atoms with E-state index in [4.69, 9.17) is 11.6 Å². The van der Waals surface area contributed by atoms with Gasteiger partial charge in [-0.2, -0.15) is 0 Å². The lowest BCUT2D eigenvalue weighted by Gasteiger charge is -2.14. The van der Waals surface area contributed by atoms with E-state index in [0.717, 1.165) is 44.3 Å². The molecule has 3 aromatic rings. The van der Waals surface area contributed by atoms with Crippen LogP contribution in [-0.2, 0) is 17.8 Å². The van der Waals surface area contributed by atoms with E-state index in [1.165, 1.54) is 22.2 Å². The summed E-state index contributed by atoms with van der Waals surface area (Å²) in [6.45, 7) is 4.25. The number of amides is 1. The third kappa shape index (κ3) is 3.28. The van der Waals surface area contributed by atoms with Crippen LogP contribution in [0.4, 0.5) is 0 Å². The van der Waals surface area contributed by atoms with E-state index in [1.54, 1.807) is 0 Å². The molecule has 0 bridgehead atoms. The smallest absolute Gasteiger partial charge is 0.262 e. The van der Waals surface area contributed by atoms with Gasteiger partial charge in [-0.05, 0) is 49.4 Å². The van der Waals surface area contributed by atoms with E-state index >= 15 is 0 Å². The van der Waals surface area contributed by atoms with Crippen molar-refractivity contribution >= 4 is 39.1 Å². The van der Waals surface area contributed by atoms with Crippen LogP contribution in [0.2, 0.25) is 5.02 Å². The number of rotatable bonds is 4. The molecule has 1 aromatic carbocycles. The normalized spacial score (nSPS) is 15.9. The summed E-state index contributed by atoms with van der Waals surface area (Å²) in [5, 5.41) is 4.50. The number of aromatic nitrogens is 2. The number of carbonyl (C=O) groups is 1. The van der Waals surface area contributed by atoms with Gasteiger partial charge in [0.2, 0.25) is 5.91 Å². The molecule has 1 amide bonds. The molecule has 1 aliphatic rings. The van der Waals surface area contributed by atoms with Crippen LogP contribution in [0, 0.1) is 13.8 Å². The average Bonchev–Trinajstić information content (AvgIpc) is 3.17. The Kier molecular flexibility index (Phi) is 4.78. The van der Waals surface area contributed by atoms with Gasteiger partial charge in [0, 0.05) is 22.9 Å². The summed E-state index contributed by atoms with van der Waals surface area (Å²) in [5.74, 6) is -0.0713. The van der Waals surface area contributed by atoms with Gasteiger partial charge in [-0.3, -0.25) is 14.2 Å². The second kappa shape index (κ2) is 7.09. The van der Waals surface area contributed by atoms with Crippen LogP contribution in [0.15, 0.2) is 29.3 Å². The van der Waals surface area contributed by atoms with Crippen LogP contribution in [0.25, 0.3) is 10.2 Å². The molecule has 0 saturated heterocycles. The Balaban J connectivity index is 1.46. The predicted octanol–water partition coefficient (Wildman–Crippen LogP) is 3.92. The molecular formula is C20H20ClN3O2S. The van der Waals surface area contributed by atoms with Gasteiger partial charge in [0.05, 0.1) is 17.8 Å². The minimum atomic E-state index is -0.0763. The first-order valence-corrected chi connectivity index (χ1v) is 10.2. The molecule has 140 valence electrons. The second-order valence-electron chi connectivity index (χ2n) is 6.92. The zero-order valence-electron chi connectivity index (χ0n) is 15.2. The van der Waals surface area contributed by atoms with E-state index in [-0.39, 0.29) is 23.9 Å². The lowest BCUT2D eigenvalue weighted by molar-refractivity contribution is -0.122. The van der Waals surface area contributed by atoms with Crippen LogP contribution in [0.1, 0.15) is 40.5 Å². The Labute approximate surface area is 166 Å². The van der Waals surface area contributed by atoms with Crippen LogP contribution in [0.3, 0.4) is 0 Å². The van der Waals surface area contributed by atoms with Crippen molar-refractivity contribution in [2.24, 2.45) is 0 Å². The number of hydrogen-bond acceptors (Lipinski definition) is 4. The second-order valence-corrected chi connectivity index (χ2v) is 8.53. The van der Waals surface area contributed by atoms with Crippen molar-refractivity contribution in [1.29, 1.82) is 0 Å². The highest BCUT2D eigenvalue weighted by Crippen LogP contribution is 2.35. The van der Waals surface area contributed by atoms with Crippen molar-refractivity contribution in [2.75, 3.05) is 0 Å². The Morgan fingerprint density at radius 3 is 3.04 bits per heavy atom. The van der Waals surface area contributed by atoms with E-state index in [2.05, 4.69) is 10.3 Å². The number of nitrogens with one attached hydrogen (secondary N) is 1. The summed E-state index contributed by atoms with van der Waals surface area (Å²) in [6.07, 6.45) is 3.50. The highest BCUT2D eigenvalue weighted by Gasteiger charge is 2.25. The van der Waals surface area contributed by atoms with Crippen molar-refractivity contribution in [3.05, 3.63) is 61.5 Å². The summed E-state index contributed by atoms with van der Waals surface area (Å²) in [5.41, 5.74) is 3.12. The summed E-state index contributed by atoms with van der Waals surface area (Å²) >= 11 is 7.76. The number of halogens is 1. The number of fused-ring (bicyclic) bond motifs is 2. The molecule has 7 heteroatoms. The number of carbonyl (C=O) groups excluding carboxylic acids is 1. The number of nitrogens with zero attached hydrogens (tertiary/aromatic N) is 2. The number of benzene rings is 1. The first-order chi connectivity index (χ1) is 13.0. The SMILES string of the molecule is Cc1sc2ncn(CCC(=O)N[C@H]3CCc4c(Cl)cccc43)c(=O)c2c1C. The van der Waals surface area contributed by atoms with Crippen LogP contribution in [-0.4, -0.2) is 15.5 Å². The van der Waals surface area contributed by atoms with Crippen molar-refractivity contribution in [1.82, 2.24) is 14.9 Å². The molecule has 1 atom stereocenters. The topological polar surface area (TPSA) is 64.0 Å². The molecule has 1 aliphatic carbocycles. The van der Waals surface area contributed by atoms with Crippen molar-refractivity contribution in [3.63, 3.8) is 0 Å². The Morgan fingerprint density at radius 1 is 1.41 bits per heavy atom. The van der Waals surface area contributed by atoms with Crippen LogP contribution < -0.4 is 10.9 Å². The fraction of sp³-hybridized carbons (Fsp3) is 0.350. The van der Waals surface area contributed by atoms with Gasteiger partial charge < -0.3 is 5.32 Å². The van der Waals surface area contributed by atoms with Gasteiger partial charge in [0.25, 0.3) is 5.56 Å². The van der Waals surface area contributed by atoms with Gasteiger partial charge in [0.1, 0.15) is 4.83 Å². The maximum atomic E-state index is 12.7. The van der Waals surface area contributed by atoms with Crippen LogP contribution >= 0.6 is 22.9 Å². The lowest BCUT2D eigenvalue weighted by Crippen LogP contribution is -2.29. The number of aryl methyl sites for hydroxylation is 3. The van der Waals surface area contributed by atoms with Crippen molar-refractivity contribution in [3.8, 4) is 0 Å². The van der Waals surface area contributed by atoms with E-state index in [0.29, 0.717) is 11.9 Å². The molecule has 2 aromatic heterocycles. The number of hydrogen-bond donors (Lipinski definition) is 1. The standard InChI is InChI=1S/C20H20ClN3O2S/c1-11-12(2)27-19-18(11)20(26)24(10-22-19)9-8-17(25)23-16-7-6-13-14(16)4-3-5-15(13)21/h3-5,10,16H,6-9H2,1-2H3,(H,23,25)/t16-/m0/s1. The minimum absolute atomic E-state index is 0.00899. The quantitative estimate of drug-likeness (QED) is 0.720. The fourth-order valence-corrected chi connectivity index (χ4v) is 4.94. The fourth-order valence-electron chi connectivity index (χ4n) is 3.68. The first-order valence-electron chi connectivity index (χ1n) is 8.97. The maximum Gasteiger partial charge on any atom is 0.262 e. The molecule has 0 spiro atoms. The summed E-state index contributed by atoms with van der Waals surface area (Å²) in [6, 6.07) is 5.81. The monoisotopic (exact) mass is 401 g/mol. The molecule has 0 aliphatic heterocycles. The van der Waals surface area contributed by atoms with E-state index in [9.17, 15) is 9.59 Å². The van der Waals surface area contributed by atoms with Gasteiger partial charge in [0.15, 0.2) is 0 Å². The summed E-state index contributed by atoms with van der Waals surface area (Å²) in [4.78, 5) is 31.4.